The molecule has 4 heterocycles. The normalized spacial score (nSPS) is 18.6. The van der Waals surface area contributed by atoms with Crippen molar-refractivity contribution in [2.24, 2.45) is 0 Å². The fourth-order valence-corrected chi connectivity index (χ4v) is 6.78. The molecule has 0 spiro atoms. The second-order valence-electron chi connectivity index (χ2n) is 13.1. The summed E-state index contributed by atoms with van der Waals surface area (Å²) >= 11 is 0. The number of carbonyl (C=O) groups excluding carboxylic acids is 2. The summed E-state index contributed by atoms with van der Waals surface area (Å²) in [4.78, 5) is 32.0. The molecule has 4 aromatic rings. The van der Waals surface area contributed by atoms with Crippen LogP contribution in [-0.2, 0) is 22.7 Å². The zero-order chi connectivity index (χ0) is 30.5. The van der Waals surface area contributed by atoms with Crippen molar-refractivity contribution in [3.05, 3.63) is 42.4 Å². The van der Waals surface area contributed by atoms with E-state index in [-0.39, 0.29) is 24.2 Å². The summed E-state index contributed by atoms with van der Waals surface area (Å²) < 4.78 is 15.0. The molecule has 0 unspecified atom stereocenters. The smallest absolute Gasteiger partial charge is 0.407 e. The highest BCUT2D eigenvalue weighted by Gasteiger charge is 2.41. The number of anilines is 1. The number of methoxy groups -OCH3 is 1. The molecule has 0 atom stereocenters. The average Bonchev–Trinajstić information content (AvgIpc) is 3.54. The molecule has 1 aliphatic heterocycles. The summed E-state index contributed by atoms with van der Waals surface area (Å²) in [6, 6.07) is 7.49. The third-order valence-corrected chi connectivity index (χ3v) is 10.1. The van der Waals surface area contributed by atoms with Crippen molar-refractivity contribution in [2.45, 2.75) is 83.8 Å². The van der Waals surface area contributed by atoms with E-state index < -0.39 is 14.2 Å². The predicted molar refractivity (Wildman–Crippen MR) is 170 cm³/mol. The molecule has 2 aliphatic rings. The summed E-state index contributed by atoms with van der Waals surface area (Å²) in [6.07, 6.45) is 6.71. The highest BCUT2D eigenvalue weighted by atomic mass is 28.3. The number of ether oxygens (including phenoxy) is 2. The monoisotopic (exact) mass is 603 g/mol. The minimum Gasteiger partial charge on any atom is -0.453 e. The van der Waals surface area contributed by atoms with E-state index >= 15 is 0 Å². The Balaban J connectivity index is 1.44. The van der Waals surface area contributed by atoms with Gasteiger partial charge in [-0.15, -0.1) is 0 Å². The van der Waals surface area contributed by atoms with Crippen LogP contribution in [0.4, 0.5) is 15.3 Å². The number of amides is 3. The van der Waals surface area contributed by atoms with E-state index in [2.05, 4.69) is 78.2 Å². The molecule has 43 heavy (non-hydrogen) atoms. The van der Waals surface area contributed by atoms with Crippen molar-refractivity contribution in [2.75, 3.05) is 18.6 Å². The number of pyridine rings is 1. The molecule has 6 rings (SSSR count). The Kier molecular flexibility index (Phi) is 7.67. The molecule has 0 bridgehead atoms. The fourth-order valence-electron chi connectivity index (χ4n) is 6.02. The van der Waals surface area contributed by atoms with Crippen LogP contribution in [0.25, 0.3) is 33.1 Å². The molecule has 2 N–H and O–H groups in total. The first-order valence-electron chi connectivity index (χ1n) is 15.0. The lowest BCUT2D eigenvalue weighted by Crippen LogP contribution is -2.59. The van der Waals surface area contributed by atoms with Gasteiger partial charge in [-0.1, -0.05) is 25.7 Å². The van der Waals surface area contributed by atoms with Crippen LogP contribution in [0.15, 0.2) is 36.8 Å². The highest BCUT2D eigenvalue weighted by molar-refractivity contribution is 6.76. The van der Waals surface area contributed by atoms with Crippen molar-refractivity contribution in [3.8, 4) is 11.1 Å². The lowest BCUT2D eigenvalue weighted by Gasteiger charge is -2.45. The number of aromatic nitrogens is 4. The van der Waals surface area contributed by atoms with E-state index in [9.17, 15) is 9.59 Å². The molecule has 228 valence electrons. The Labute approximate surface area is 252 Å². The third kappa shape index (κ3) is 5.61. The van der Waals surface area contributed by atoms with Crippen molar-refractivity contribution in [1.82, 2.24) is 30.0 Å². The number of nitrogens with one attached hydrogen (secondary N) is 2. The van der Waals surface area contributed by atoms with Crippen LogP contribution >= 0.6 is 0 Å². The standard InChI is InChI=1S/C31H41N7O4Si/c1-19(2)38-26-8-7-20(11-21(26)16-34-38)25-17-36(18-42-9-10-43(4,5)6)29-27(25)28-22(14-32-29)15-33-30(39)37(28)24-12-23(13-24)35-31(40)41-3/h7-8,11,14,16-17,19,23-24H,9-10,12-13,15,18H2,1-6H3,(H,33,39)(H,35,40). The molecule has 12 heteroatoms. The summed E-state index contributed by atoms with van der Waals surface area (Å²) in [5.74, 6) is 0. The van der Waals surface area contributed by atoms with E-state index in [4.69, 9.17) is 14.5 Å². The Morgan fingerprint density at radius 2 is 2.00 bits per heavy atom. The van der Waals surface area contributed by atoms with Crippen molar-refractivity contribution < 1.29 is 19.1 Å². The third-order valence-electron chi connectivity index (χ3n) is 8.43. The zero-order valence-corrected chi connectivity index (χ0v) is 26.8. The number of hydrogen-bond donors (Lipinski definition) is 2. The van der Waals surface area contributed by atoms with Crippen molar-refractivity contribution >= 4 is 47.8 Å². The lowest BCUT2D eigenvalue weighted by atomic mass is 9.84. The number of benzene rings is 1. The quantitative estimate of drug-likeness (QED) is 0.183. The second kappa shape index (κ2) is 11.3. The van der Waals surface area contributed by atoms with Gasteiger partial charge >= 0.3 is 12.1 Å². The average molecular weight is 604 g/mol. The van der Waals surface area contributed by atoms with Gasteiger partial charge < -0.3 is 24.7 Å². The first-order chi connectivity index (χ1) is 20.5. The fraction of sp³-hybridized carbons (Fsp3) is 0.484. The number of fused-ring (bicyclic) bond motifs is 4. The van der Waals surface area contributed by atoms with E-state index in [1.165, 1.54) is 7.11 Å². The Hall–Kier alpha value is -3.90. The molecule has 1 fully saturated rings. The van der Waals surface area contributed by atoms with Gasteiger partial charge in [-0.3, -0.25) is 9.58 Å². The predicted octanol–water partition coefficient (Wildman–Crippen LogP) is 5.86. The molecule has 1 aliphatic carbocycles. The van der Waals surface area contributed by atoms with E-state index in [1.54, 1.807) is 0 Å². The van der Waals surface area contributed by atoms with Crippen LogP contribution in [0.1, 0.15) is 38.3 Å². The molecule has 0 saturated heterocycles. The van der Waals surface area contributed by atoms with Gasteiger partial charge in [0.2, 0.25) is 0 Å². The molecule has 3 aromatic heterocycles. The Morgan fingerprint density at radius 1 is 1.21 bits per heavy atom. The van der Waals surface area contributed by atoms with Crippen molar-refractivity contribution in [1.29, 1.82) is 0 Å². The van der Waals surface area contributed by atoms with Gasteiger partial charge in [-0.25, -0.2) is 14.6 Å². The number of urea groups is 1. The van der Waals surface area contributed by atoms with Crippen LogP contribution in [0.2, 0.25) is 25.7 Å². The SMILES string of the molecule is COC(=O)NC1CC(N2C(=O)NCc3cnc4c(c(-c5ccc6c(cnn6C(C)C)c5)cn4COCC[Si](C)(C)C)c32)C1. The summed E-state index contributed by atoms with van der Waals surface area (Å²) in [7, 11) is 0.120. The maximum absolute atomic E-state index is 13.5. The van der Waals surface area contributed by atoms with Crippen LogP contribution in [0.5, 0.6) is 0 Å². The Bertz CT molecular complexity index is 1680. The molecule has 1 aromatic carbocycles. The van der Waals surface area contributed by atoms with Crippen LogP contribution in [0.3, 0.4) is 0 Å². The number of hydrogen-bond acceptors (Lipinski definition) is 6. The van der Waals surface area contributed by atoms with Gasteiger partial charge in [0.25, 0.3) is 0 Å². The number of nitrogens with zero attached hydrogens (tertiary/aromatic N) is 5. The maximum atomic E-state index is 13.5. The summed E-state index contributed by atoms with van der Waals surface area (Å²) in [6.45, 7) is 12.8. The van der Waals surface area contributed by atoms with Gasteiger partial charge in [0.1, 0.15) is 12.4 Å². The van der Waals surface area contributed by atoms with Crippen LogP contribution in [0, 0.1) is 0 Å². The van der Waals surface area contributed by atoms with Crippen molar-refractivity contribution in [3.63, 3.8) is 0 Å². The lowest BCUT2D eigenvalue weighted by molar-refractivity contribution is 0.0899. The molecule has 0 radical (unpaired) electrons. The van der Waals surface area contributed by atoms with Crippen LogP contribution in [-0.4, -0.2) is 65.3 Å². The summed E-state index contributed by atoms with van der Waals surface area (Å²) in [5.41, 5.74) is 5.73. The minimum atomic E-state index is -1.24. The molecular weight excluding hydrogens is 562 g/mol. The molecule has 3 amide bonds. The van der Waals surface area contributed by atoms with E-state index in [1.807, 2.05) is 22.0 Å². The first-order valence-corrected chi connectivity index (χ1v) is 18.7. The second-order valence-corrected chi connectivity index (χ2v) is 18.8. The minimum absolute atomic E-state index is 0.0447. The number of alkyl carbamates (subject to hydrolysis) is 1. The molecular formula is C31H41N7O4Si. The molecule has 11 nitrogen and oxygen atoms in total. The number of carbonyl (C=O) groups is 2. The van der Waals surface area contributed by atoms with E-state index in [0.717, 1.165) is 50.4 Å². The zero-order valence-electron chi connectivity index (χ0n) is 25.8. The van der Waals surface area contributed by atoms with Gasteiger partial charge in [-0.2, -0.15) is 5.10 Å². The first kappa shape index (κ1) is 29.2. The molecule has 1 saturated carbocycles. The highest BCUT2D eigenvalue weighted by Crippen LogP contribution is 2.43. The summed E-state index contributed by atoms with van der Waals surface area (Å²) in [5, 5.41) is 12.5. The van der Waals surface area contributed by atoms with Crippen LogP contribution < -0.4 is 15.5 Å². The van der Waals surface area contributed by atoms with Gasteiger partial charge in [-0.05, 0) is 50.4 Å². The number of rotatable bonds is 9. The van der Waals surface area contributed by atoms with Gasteiger partial charge in [0, 0.05) is 68.3 Å². The topological polar surface area (TPSA) is 116 Å². The van der Waals surface area contributed by atoms with Gasteiger partial charge in [0.15, 0.2) is 0 Å². The van der Waals surface area contributed by atoms with Gasteiger partial charge in [0.05, 0.1) is 29.9 Å². The maximum Gasteiger partial charge on any atom is 0.407 e. The van der Waals surface area contributed by atoms with E-state index in [0.29, 0.717) is 32.7 Å². The largest absolute Gasteiger partial charge is 0.453 e. The Morgan fingerprint density at radius 3 is 2.72 bits per heavy atom.